The molecular weight excluding hydrogens is 204 g/mol. The quantitative estimate of drug-likeness (QED) is 0.581. The summed E-state index contributed by atoms with van der Waals surface area (Å²) in [5.41, 5.74) is 0.745. The Morgan fingerprint density at radius 1 is 1.33 bits per heavy atom. The van der Waals surface area contributed by atoms with E-state index in [0.29, 0.717) is 0 Å². The minimum Gasteiger partial charge on any atom is -0.508 e. The van der Waals surface area contributed by atoms with Crippen molar-refractivity contribution in [3.63, 3.8) is 0 Å². The molecule has 2 aromatic rings. The molecule has 0 heterocycles. The van der Waals surface area contributed by atoms with E-state index in [2.05, 4.69) is 5.92 Å². The van der Waals surface area contributed by atoms with Crippen molar-refractivity contribution in [3.05, 3.63) is 35.9 Å². The number of aromatic hydroxyl groups is 1. The standard InChI is InChI=1S/C13H10OS/c1-3-9-7-11(14)8-10-5-4-6-12(15-2)13(9)10/h1,4-8,14H,2H3. The topological polar surface area (TPSA) is 20.2 Å². The first-order chi connectivity index (χ1) is 7.26. The van der Waals surface area contributed by atoms with Gasteiger partial charge in [-0.05, 0) is 29.8 Å². The number of rotatable bonds is 1. The molecule has 0 aromatic heterocycles. The molecule has 0 spiro atoms. The monoisotopic (exact) mass is 214 g/mol. The van der Waals surface area contributed by atoms with Gasteiger partial charge in [-0.2, -0.15) is 0 Å². The molecule has 2 aromatic carbocycles. The summed E-state index contributed by atoms with van der Waals surface area (Å²) >= 11 is 1.66. The summed E-state index contributed by atoms with van der Waals surface area (Å²) in [6.45, 7) is 0. The van der Waals surface area contributed by atoms with Crippen LogP contribution in [0, 0.1) is 12.3 Å². The second kappa shape index (κ2) is 3.88. The first kappa shape index (κ1) is 9.95. The van der Waals surface area contributed by atoms with E-state index in [1.165, 1.54) is 0 Å². The lowest BCUT2D eigenvalue weighted by molar-refractivity contribution is 0.476. The third-order valence-corrected chi connectivity index (χ3v) is 3.08. The van der Waals surface area contributed by atoms with Crippen molar-refractivity contribution in [1.29, 1.82) is 0 Å². The van der Waals surface area contributed by atoms with E-state index in [0.717, 1.165) is 21.2 Å². The summed E-state index contributed by atoms with van der Waals surface area (Å²) in [5, 5.41) is 11.5. The average Bonchev–Trinajstić information content (AvgIpc) is 2.26. The Bertz CT molecular complexity index is 552. The lowest BCUT2D eigenvalue weighted by Gasteiger charge is -2.06. The van der Waals surface area contributed by atoms with E-state index in [-0.39, 0.29) is 5.75 Å². The molecule has 2 rings (SSSR count). The molecule has 2 heteroatoms. The summed E-state index contributed by atoms with van der Waals surface area (Å²) in [7, 11) is 0. The van der Waals surface area contributed by atoms with Crippen LogP contribution < -0.4 is 0 Å². The second-order valence-electron chi connectivity index (χ2n) is 3.20. The molecule has 0 unspecified atom stereocenters. The molecular formula is C13H10OS. The van der Waals surface area contributed by atoms with Gasteiger partial charge in [-0.15, -0.1) is 18.2 Å². The normalized spacial score (nSPS) is 10.1. The lowest BCUT2D eigenvalue weighted by atomic mass is 10.0. The zero-order chi connectivity index (χ0) is 10.8. The van der Waals surface area contributed by atoms with Crippen LogP contribution in [0.25, 0.3) is 10.8 Å². The third-order valence-electron chi connectivity index (χ3n) is 2.30. The van der Waals surface area contributed by atoms with Gasteiger partial charge >= 0.3 is 0 Å². The van der Waals surface area contributed by atoms with Crippen LogP contribution in [0.15, 0.2) is 35.2 Å². The molecule has 0 aliphatic carbocycles. The molecule has 74 valence electrons. The van der Waals surface area contributed by atoms with Crippen molar-refractivity contribution >= 4 is 22.5 Å². The fraction of sp³-hybridized carbons (Fsp3) is 0.0769. The van der Waals surface area contributed by atoms with Crippen molar-refractivity contribution in [3.8, 4) is 18.1 Å². The molecule has 0 aliphatic rings. The third kappa shape index (κ3) is 1.67. The molecule has 1 N–H and O–H groups in total. The Morgan fingerprint density at radius 2 is 2.13 bits per heavy atom. The van der Waals surface area contributed by atoms with Crippen molar-refractivity contribution < 1.29 is 5.11 Å². The highest BCUT2D eigenvalue weighted by Crippen LogP contribution is 2.31. The maximum Gasteiger partial charge on any atom is 0.117 e. The Hall–Kier alpha value is -1.59. The maximum absolute atomic E-state index is 9.50. The zero-order valence-electron chi connectivity index (χ0n) is 8.32. The number of phenols is 1. The Kier molecular flexibility index (Phi) is 2.57. The predicted octanol–water partition coefficient (Wildman–Crippen LogP) is 3.25. The molecule has 0 radical (unpaired) electrons. The van der Waals surface area contributed by atoms with E-state index in [1.54, 1.807) is 23.9 Å². The van der Waals surface area contributed by atoms with Crippen LogP contribution in [-0.4, -0.2) is 11.4 Å². The van der Waals surface area contributed by atoms with E-state index >= 15 is 0 Å². The van der Waals surface area contributed by atoms with Crippen molar-refractivity contribution in [2.24, 2.45) is 0 Å². The van der Waals surface area contributed by atoms with E-state index < -0.39 is 0 Å². The number of terminal acetylenes is 1. The minimum absolute atomic E-state index is 0.216. The zero-order valence-corrected chi connectivity index (χ0v) is 9.14. The maximum atomic E-state index is 9.50. The van der Waals surface area contributed by atoms with Crippen LogP contribution in [0.3, 0.4) is 0 Å². The second-order valence-corrected chi connectivity index (χ2v) is 4.04. The number of benzene rings is 2. The molecule has 0 saturated heterocycles. The highest BCUT2D eigenvalue weighted by Gasteiger charge is 2.05. The van der Waals surface area contributed by atoms with Gasteiger partial charge in [0.25, 0.3) is 0 Å². The summed E-state index contributed by atoms with van der Waals surface area (Å²) in [6, 6.07) is 9.31. The largest absolute Gasteiger partial charge is 0.508 e. The van der Waals surface area contributed by atoms with Crippen LogP contribution in [0.2, 0.25) is 0 Å². The first-order valence-electron chi connectivity index (χ1n) is 4.52. The van der Waals surface area contributed by atoms with Crippen LogP contribution >= 0.6 is 11.8 Å². The number of hydrogen-bond donors (Lipinski definition) is 1. The van der Waals surface area contributed by atoms with Gasteiger partial charge in [0, 0.05) is 15.8 Å². The SMILES string of the molecule is C#Cc1cc(O)cc2cccc(SC)c12. The molecule has 1 nitrogen and oxygen atoms in total. The fourth-order valence-electron chi connectivity index (χ4n) is 1.66. The average molecular weight is 214 g/mol. The molecule has 0 amide bonds. The molecule has 0 bridgehead atoms. The Morgan fingerprint density at radius 3 is 2.80 bits per heavy atom. The fourth-order valence-corrected chi connectivity index (χ4v) is 2.31. The Balaban J connectivity index is 2.92. The number of phenolic OH excluding ortho intramolecular Hbond substituents is 1. The van der Waals surface area contributed by atoms with E-state index in [4.69, 9.17) is 6.42 Å². The van der Waals surface area contributed by atoms with Crippen molar-refractivity contribution in [2.45, 2.75) is 4.90 Å². The number of thioether (sulfide) groups is 1. The van der Waals surface area contributed by atoms with Crippen LogP contribution in [-0.2, 0) is 0 Å². The molecule has 0 saturated carbocycles. The Labute approximate surface area is 93.1 Å². The molecule has 15 heavy (non-hydrogen) atoms. The van der Waals surface area contributed by atoms with Gasteiger partial charge in [-0.3, -0.25) is 0 Å². The van der Waals surface area contributed by atoms with Gasteiger partial charge in [0.05, 0.1) is 0 Å². The summed E-state index contributed by atoms with van der Waals surface area (Å²) in [4.78, 5) is 1.14. The van der Waals surface area contributed by atoms with Gasteiger partial charge < -0.3 is 5.11 Å². The van der Waals surface area contributed by atoms with Crippen LogP contribution in [0.5, 0.6) is 5.75 Å². The summed E-state index contributed by atoms with van der Waals surface area (Å²) in [6.07, 6.45) is 7.45. The van der Waals surface area contributed by atoms with E-state index in [1.807, 2.05) is 24.5 Å². The lowest BCUT2D eigenvalue weighted by Crippen LogP contribution is -1.83. The molecule has 0 aliphatic heterocycles. The molecule has 0 atom stereocenters. The first-order valence-corrected chi connectivity index (χ1v) is 5.75. The smallest absolute Gasteiger partial charge is 0.117 e. The van der Waals surface area contributed by atoms with Gasteiger partial charge in [-0.1, -0.05) is 18.1 Å². The predicted molar refractivity (Wildman–Crippen MR) is 65.3 cm³/mol. The molecule has 0 fully saturated rings. The number of fused-ring (bicyclic) bond motifs is 1. The van der Waals surface area contributed by atoms with Gasteiger partial charge in [0.15, 0.2) is 0 Å². The highest BCUT2D eigenvalue weighted by molar-refractivity contribution is 7.98. The van der Waals surface area contributed by atoms with Crippen molar-refractivity contribution in [2.75, 3.05) is 6.26 Å². The van der Waals surface area contributed by atoms with Gasteiger partial charge in [-0.25, -0.2) is 0 Å². The number of hydrogen-bond acceptors (Lipinski definition) is 2. The summed E-state index contributed by atoms with van der Waals surface area (Å²) < 4.78 is 0. The van der Waals surface area contributed by atoms with Crippen LogP contribution in [0.1, 0.15) is 5.56 Å². The minimum atomic E-state index is 0.216. The van der Waals surface area contributed by atoms with Crippen LogP contribution in [0.4, 0.5) is 0 Å². The van der Waals surface area contributed by atoms with Crippen molar-refractivity contribution in [1.82, 2.24) is 0 Å². The summed E-state index contributed by atoms with van der Waals surface area (Å²) in [5.74, 6) is 2.83. The van der Waals surface area contributed by atoms with Gasteiger partial charge in [0.2, 0.25) is 0 Å². The highest BCUT2D eigenvalue weighted by atomic mass is 32.2. The van der Waals surface area contributed by atoms with E-state index in [9.17, 15) is 5.11 Å². The van der Waals surface area contributed by atoms with Gasteiger partial charge in [0.1, 0.15) is 5.75 Å².